The molecule has 0 atom stereocenters. The highest BCUT2D eigenvalue weighted by molar-refractivity contribution is 6.31. The first-order chi connectivity index (χ1) is 9.69. The fourth-order valence-electron chi connectivity index (χ4n) is 1.74. The number of esters is 1. The third kappa shape index (κ3) is 3.84. The number of rotatable bonds is 4. The Balaban J connectivity index is 1.93. The second-order valence-electron chi connectivity index (χ2n) is 4.24. The minimum absolute atomic E-state index is 0.137. The molecular formula is C16H12ClNO2. The van der Waals surface area contributed by atoms with Gasteiger partial charge in [0.15, 0.2) is 0 Å². The van der Waals surface area contributed by atoms with Crippen molar-refractivity contribution in [3.8, 4) is 6.07 Å². The number of hydrogen-bond donors (Lipinski definition) is 0. The number of carbonyl (C=O) groups excluding carboxylic acids is 1. The molecule has 20 heavy (non-hydrogen) atoms. The number of halogens is 1. The molecule has 2 rings (SSSR count). The molecule has 0 bridgehead atoms. The summed E-state index contributed by atoms with van der Waals surface area (Å²) in [5.41, 5.74) is 2.08. The van der Waals surface area contributed by atoms with E-state index in [4.69, 9.17) is 21.6 Å². The molecule has 0 saturated heterocycles. The first-order valence-electron chi connectivity index (χ1n) is 6.07. The van der Waals surface area contributed by atoms with Crippen LogP contribution in [-0.4, -0.2) is 5.97 Å². The molecule has 2 aromatic rings. The van der Waals surface area contributed by atoms with Gasteiger partial charge in [-0.3, -0.25) is 4.79 Å². The zero-order chi connectivity index (χ0) is 14.4. The molecule has 100 valence electrons. The third-order valence-corrected chi connectivity index (χ3v) is 3.12. The van der Waals surface area contributed by atoms with Crippen molar-refractivity contribution in [2.75, 3.05) is 0 Å². The second kappa shape index (κ2) is 6.74. The van der Waals surface area contributed by atoms with E-state index in [0.717, 1.165) is 11.1 Å². The predicted octanol–water partition coefficient (Wildman–Crippen LogP) is 3.50. The molecule has 0 aromatic heterocycles. The van der Waals surface area contributed by atoms with Gasteiger partial charge in [0, 0.05) is 5.02 Å². The van der Waals surface area contributed by atoms with E-state index in [9.17, 15) is 4.79 Å². The highest BCUT2D eigenvalue weighted by Crippen LogP contribution is 2.16. The number of nitriles is 1. The Bertz CT molecular complexity index is 662. The third-order valence-electron chi connectivity index (χ3n) is 2.75. The molecule has 0 saturated carbocycles. The molecule has 0 radical (unpaired) electrons. The van der Waals surface area contributed by atoms with E-state index in [2.05, 4.69) is 0 Å². The number of hydrogen-bond acceptors (Lipinski definition) is 3. The fraction of sp³-hybridized carbons (Fsp3) is 0.125. The maximum atomic E-state index is 11.7. The van der Waals surface area contributed by atoms with E-state index >= 15 is 0 Å². The average molecular weight is 286 g/mol. The molecule has 0 N–H and O–H groups in total. The molecule has 4 heteroatoms. The summed E-state index contributed by atoms with van der Waals surface area (Å²) < 4.78 is 5.18. The van der Waals surface area contributed by atoms with Gasteiger partial charge in [-0.2, -0.15) is 5.26 Å². The van der Waals surface area contributed by atoms with Crippen molar-refractivity contribution in [1.82, 2.24) is 0 Å². The summed E-state index contributed by atoms with van der Waals surface area (Å²) in [6.45, 7) is 0.152. The van der Waals surface area contributed by atoms with Gasteiger partial charge in [0.25, 0.3) is 0 Å². The topological polar surface area (TPSA) is 50.1 Å². The van der Waals surface area contributed by atoms with Crippen molar-refractivity contribution in [2.45, 2.75) is 13.0 Å². The van der Waals surface area contributed by atoms with Crippen LogP contribution in [0.2, 0.25) is 5.02 Å². The van der Waals surface area contributed by atoms with Gasteiger partial charge in [0.1, 0.15) is 6.61 Å². The zero-order valence-corrected chi connectivity index (χ0v) is 11.4. The Morgan fingerprint density at radius 3 is 2.75 bits per heavy atom. The van der Waals surface area contributed by atoms with Crippen molar-refractivity contribution in [2.24, 2.45) is 0 Å². The van der Waals surface area contributed by atoms with E-state index in [1.807, 2.05) is 24.3 Å². The van der Waals surface area contributed by atoms with Crippen molar-refractivity contribution in [3.05, 3.63) is 70.2 Å². The number of ether oxygens (including phenoxy) is 1. The lowest BCUT2D eigenvalue weighted by Gasteiger charge is -2.06. The van der Waals surface area contributed by atoms with E-state index in [1.54, 1.807) is 30.3 Å². The smallest absolute Gasteiger partial charge is 0.310 e. The van der Waals surface area contributed by atoms with Gasteiger partial charge in [0.2, 0.25) is 0 Å². The molecule has 0 aliphatic heterocycles. The van der Waals surface area contributed by atoms with Crippen LogP contribution in [-0.2, 0) is 22.6 Å². The monoisotopic (exact) mass is 285 g/mol. The van der Waals surface area contributed by atoms with Gasteiger partial charge >= 0.3 is 5.97 Å². The largest absolute Gasteiger partial charge is 0.461 e. The standard InChI is InChI=1S/C16H12ClNO2/c17-15-7-2-1-6-14(15)9-16(19)20-11-13-5-3-4-12(8-13)10-18/h1-8H,9,11H2. The first kappa shape index (κ1) is 14.1. The molecule has 2 aromatic carbocycles. The normalized spacial score (nSPS) is 9.80. The summed E-state index contributed by atoms with van der Waals surface area (Å²) in [6.07, 6.45) is 0.137. The van der Waals surface area contributed by atoms with E-state index < -0.39 is 0 Å². The Morgan fingerprint density at radius 1 is 1.20 bits per heavy atom. The minimum Gasteiger partial charge on any atom is -0.461 e. The molecular weight excluding hydrogens is 274 g/mol. The molecule has 0 unspecified atom stereocenters. The molecule has 0 aliphatic rings. The van der Waals surface area contributed by atoms with Gasteiger partial charge in [-0.15, -0.1) is 0 Å². The van der Waals surface area contributed by atoms with Crippen LogP contribution in [0.25, 0.3) is 0 Å². The van der Waals surface area contributed by atoms with Crippen LogP contribution in [0, 0.1) is 11.3 Å². The summed E-state index contributed by atoms with van der Waals surface area (Å²) in [4.78, 5) is 11.7. The quantitative estimate of drug-likeness (QED) is 0.808. The summed E-state index contributed by atoms with van der Waals surface area (Å²) >= 11 is 5.98. The number of carbonyl (C=O) groups is 1. The van der Waals surface area contributed by atoms with Crippen LogP contribution in [0.1, 0.15) is 16.7 Å². The van der Waals surface area contributed by atoms with Gasteiger partial charge in [0.05, 0.1) is 18.1 Å². The van der Waals surface area contributed by atoms with Crippen LogP contribution in [0.3, 0.4) is 0 Å². The number of benzene rings is 2. The fourth-order valence-corrected chi connectivity index (χ4v) is 1.95. The van der Waals surface area contributed by atoms with Crippen LogP contribution in [0.5, 0.6) is 0 Å². The van der Waals surface area contributed by atoms with E-state index in [1.165, 1.54) is 0 Å². The molecule has 0 amide bonds. The van der Waals surface area contributed by atoms with Crippen molar-refractivity contribution >= 4 is 17.6 Å². The maximum absolute atomic E-state index is 11.7. The van der Waals surface area contributed by atoms with Gasteiger partial charge < -0.3 is 4.74 Å². The molecule has 0 spiro atoms. The minimum atomic E-state index is -0.347. The maximum Gasteiger partial charge on any atom is 0.310 e. The molecule has 3 nitrogen and oxygen atoms in total. The van der Waals surface area contributed by atoms with Gasteiger partial charge in [-0.05, 0) is 29.3 Å². The summed E-state index contributed by atoms with van der Waals surface area (Å²) in [6, 6.07) is 16.2. The summed E-state index contributed by atoms with van der Waals surface area (Å²) in [5, 5.41) is 9.34. The Kier molecular flexibility index (Phi) is 4.75. The van der Waals surface area contributed by atoms with E-state index in [0.29, 0.717) is 10.6 Å². The molecule has 0 heterocycles. The molecule has 0 aliphatic carbocycles. The second-order valence-corrected chi connectivity index (χ2v) is 4.65. The van der Waals surface area contributed by atoms with Crippen LogP contribution in [0.15, 0.2) is 48.5 Å². The Labute approximate surface area is 122 Å². The van der Waals surface area contributed by atoms with E-state index in [-0.39, 0.29) is 19.0 Å². The van der Waals surface area contributed by atoms with Crippen LogP contribution < -0.4 is 0 Å². The van der Waals surface area contributed by atoms with Crippen LogP contribution >= 0.6 is 11.6 Å². The summed E-state index contributed by atoms with van der Waals surface area (Å²) in [7, 11) is 0. The SMILES string of the molecule is N#Cc1cccc(COC(=O)Cc2ccccc2Cl)c1. The van der Waals surface area contributed by atoms with Gasteiger partial charge in [-0.1, -0.05) is 41.9 Å². The lowest BCUT2D eigenvalue weighted by Crippen LogP contribution is -2.08. The first-order valence-corrected chi connectivity index (χ1v) is 6.45. The van der Waals surface area contributed by atoms with Gasteiger partial charge in [-0.25, -0.2) is 0 Å². The average Bonchev–Trinajstić information content (AvgIpc) is 2.48. The highest BCUT2D eigenvalue weighted by Gasteiger charge is 2.08. The number of nitrogens with zero attached hydrogens (tertiary/aromatic N) is 1. The predicted molar refractivity (Wildman–Crippen MR) is 76.1 cm³/mol. The van der Waals surface area contributed by atoms with Crippen LogP contribution in [0.4, 0.5) is 0 Å². The Morgan fingerprint density at radius 2 is 2.00 bits per heavy atom. The summed E-state index contributed by atoms with van der Waals surface area (Å²) in [5.74, 6) is -0.347. The highest BCUT2D eigenvalue weighted by atomic mass is 35.5. The van der Waals surface area contributed by atoms with Crippen molar-refractivity contribution < 1.29 is 9.53 Å². The Hall–Kier alpha value is -2.31. The zero-order valence-electron chi connectivity index (χ0n) is 10.7. The molecule has 0 fully saturated rings. The van der Waals surface area contributed by atoms with Crippen molar-refractivity contribution in [1.29, 1.82) is 5.26 Å². The lowest BCUT2D eigenvalue weighted by molar-refractivity contribution is -0.144. The lowest BCUT2D eigenvalue weighted by atomic mass is 10.1. The van der Waals surface area contributed by atoms with Crippen molar-refractivity contribution in [3.63, 3.8) is 0 Å².